The maximum absolute atomic E-state index is 11.6. The summed E-state index contributed by atoms with van der Waals surface area (Å²) in [6, 6.07) is 2.76. The van der Waals surface area contributed by atoms with Crippen LogP contribution in [0, 0.1) is 12.3 Å². The Morgan fingerprint density at radius 1 is 1.62 bits per heavy atom. The van der Waals surface area contributed by atoms with Crippen molar-refractivity contribution in [3.8, 4) is 12.3 Å². The van der Waals surface area contributed by atoms with Crippen LogP contribution in [0.5, 0.6) is 0 Å². The number of carbonyl (C=O) groups is 1. The van der Waals surface area contributed by atoms with Crippen molar-refractivity contribution < 1.29 is 9.53 Å². The summed E-state index contributed by atoms with van der Waals surface area (Å²) in [6.07, 6.45) is 6.59. The van der Waals surface area contributed by atoms with Gasteiger partial charge in [0.15, 0.2) is 0 Å². The summed E-state index contributed by atoms with van der Waals surface area (Å²) in [7, 11) is 1.57. The Bertz CT molecular complexity index is 482. The summed E-state index contributed by atoms with van der Waals surface area (Å²) in [5.74, 6) is 1.94. The Kier molecular flexibility index (Phi) is 3.90. The number of hydrogen-bond donors (Lipinski definition) is 0. The highest BCUT2D eigenvalue weighted by Gasteiger charge is 2.11. The maximum atomic E-state index is 11.6. The lowest BCUT2D eigenvalue weighted by atomic mass is 10.2. The molecule has 1 aromatic rings. The zero-order valence-corrected chi connectivity index (χ0v) is 9.27. The van der Waals surface area contributed by atoms with Crippen LogP contribution in [0.2, 0.25) is 0 Å². The molecule has 0 amide bonds. The SMILES string of the molecule is C#CC[C@@H](C)OC(=O)c1ccc(=O)n(C)c1. The molecule has 1 aromatic heterocycles. The molecule has 0 bridgehead atoms. The van der Waals surface area contributed by atoms with Gasteiger partial charge >= 0.3 is 5.97 Å². The minimum atomic E-state index is -0.474. The molecular formula is C12H13NO3. The van der Waals surface area contributed by atoms with Crippen LogP contribution in [0.1, 0.15) is 23.7 Å². The first-order valence-corrected chi connectivity index (χ1v) is 4.85. The van der Waals surface area contributed by atoms with Crippen molar-refractivity contribution in [1.29, 1.82) is 0 Å². The molecule has 4 heteroatoms. The molecule has 0 aliphatic rings. The van der Waals surface area contributed by atoms with Crippen LogP contribution in [0.25, 0.3) is 0 Å². The molecular weight excluding hydrogens is 206 g/mol. The lowest BCUT2D eigenvalue weighted by Crippen LogP contribution is -2.19. The Morgan fingerprint density at radius 3 is 2.88 bits per heavy atom. The zero-order valence-electron chi connectivity index (χ0n) is 9.27. The Labute approximate surface area is 93.9 Å². The third-order valence-corrected chi connectivity index (χ3v) is 2.04. The summed E-state index contributed by atoms with van der Waals surface area (Å²) in [5.41, 5.74) is 0.166. The van der Waals surface area contributed by atoms with Gasteiger partial charge < -0.3 is 9.30 Å². The van der Waals surface area contributed by atoms with Gasteiger partial charge in [-0.3, -0.25) is 4.79 Å². The van der Waals surface area contributed by atoms with Crippen molar-refractivity contribution >= 4 is 5.97 Å². The van der Waals surface area contributed by atoms with Gasteiger partial charge in [0.2, 0.25) is 5.56 Å². The number of terminal acetylenes is 1. The monoisotopic (exact) mass is 219 g/mol. The van der Waals surface area contributed by atoms with E-state index in [0.29, 0.717) is 12.0 Å². The van der Waals surface area contributed by atoms with Gasteiger partial charge in [0.25, 0.3) is 0 Å². The topological polar surface area (TPSA) is 48.3 Å². The molecule has 16 heavy (non-hydrogen) atoms. The molecule has 0 unspecified atom stereocenters. The highest BCUT2D eigenvalue weighted by atomic mass is 16.5. The lowest BCUT2D eigenvalue weighted by Gasteiger charge is -2.10. The highest BCUT2D eigenvalue weighted by Crippen LogP contribution is 2.03. The second-order valence-corrected chi connectivity index (χ2v) is 3.49. The molecule has 0 saturated heterocycles. The zero-order chi connectivity index (χ0) is 12.1. The third-order valence-electron chi connectivity index (χ3n) is 2.04. The van der Waals surface area contributed by atoms with E-state index in [-0.39, 0.29) is 11.7 Å². The first-order valence-electron chi connectivity index (χ1n) is 4.85. The van der Waals surface area contributed by atoms with Crippen molar-refractivity contribution in [3.05, 3.63) is 34.2 Å². The molecule has 84 valence electrons. The van der Waals surface area contributed by atoms with E-state index in [2.05, 4.69) is 5.92 Å². The molecule has 0 spiro atoms. The Balaban J connectivity index is 2.78. The average molecular weight is 219 g/mol. The third kappa shape index (κ3) is 2.99. The molecule has 0 aliphatic heterocycles. The van der Waals surface area contributed by atoms with Crippen LogP contribution in [0.15, 0.2) is 23.1 Å². The summed E-state index contributed by atoms with van der Waals surface area (Å²) in [6.45, 7) is 1.72. The smallest absolute Gasteiger partial charge is 0.339 e. The van der Waals surface area contributed by atoms with Crippen molar-refractivity contribution in [2.75, 3.05) is 0 Å². The quantitative estimate of drug-likeness (QED) is 0.562. The minimum absolute atomic E-state index is 0.173. The van der Waals surface area contributed by atoms with E-state index < -0.39 is 5.97 Å². The van der Waals surface area contributed by atoms with Crippen LogP contribution in [0.4, 0.5) is 0 Å². The van der Waals surface area contributed by atoms with Crippen molar-refractivity contribution in [1.82, 2.24) is 4.57 Å². The van der Waals surface area contributed by atoms with Gasteiger partial charge in [0.1, 0.15) is 6.10 Å². The summed E-state index contributed by atoms with van der Waals surface area (Å²) < 4.78 is 6.40. The van der Waals surface area contributed by atoms with Crippen molar-refractivity contribution in [2.24, 2.45) is 7.05 Å². The number of hydrogen-bond acceptors (Lipinski definition) is 3. The molecule has 0 fully saturated rings. The number of carbonyl (C=O) groups excluding carboxylic acids is 1. The van der Waals surface area contributed by atoms with Crippen molar-refractivity contribution in [2.45, 2.75) is 19.4 Å². The molecule has 1 heterocycles. The van der Waals surface area contributed by atoms with Gasteiger partial charge in [-0.05, 0) is 13.0 Å². The lowest BCUT2D eigenvalue weighted by molar-refractivity contribution is 0.0351. The van der Waals surface area contributed by atoms with E-state index in [0.717, 1.165) is 0 Å². The number of aryl methyl sites for hydroxylation is 1. The van der Waals surface area contributed by atoms with Gasteiger partial charge in [-0.2, -0.15) is 0 Å². The number of nitrogens with zero attached hydrogens (tertiary/aromatic N) is 1. The van der Waals surface area contributed by atoms with Crippen LogP contribution >= 0.6 is 0 Å². The fourth-order valence-electron chi connectivity index (χ4n) is 1.17. The van der Waals surface area contributed by atoms with E-state index in [1.165, 1.54) is 22.9 Å². The maximum Gasteiger partial charge on any atom is 0.339 e. The van der Waals surface area contributed by atoms with Gasteiger partial charge in [-0.1, -0.05) is 0 Å². The van der Waals surface area contributed by atoms with Gasteiger partial charge in [0, 0.05) is 25.7 Å². The molecule has 0 aliphatic carbocycles. The van der Waals surface area contributed by atoms with E-state index in [1.54, 1.807) is 14.0 Å². The van der Waals surface area contributed by atoms with Crippen LogP contribution in [0.3, 0.4) is 0 Å². The fraction of sp³-hybridized carbons (Fsp3) is 0.333. The number of pyridine rings is 1. The standard InChI is InChI=1S/C12H13NO3/c1-4-5-9(2)16-12(15)10-6-7-11(14)13(3)8-10/h1,6-9H,5H2,2-3H3/t9-/m1/s1. The summed E-state index contributed by atoms with van der Waals surface area (Å²) >= 11 is 0. The van der Waals surface area contributed by atoms with Crippen LogP contribution in [-0.2, 0) is 11.8 Å². The molecule has 0 radical (unpaired) electrons. The minimum Gasteiger partial charge on any atom is -0.458 e. The van der Waals surface area contributed by atoms with Gasteiger partial charge in [-0.25, -0.2) is 4.79 Å². The summed E-state index contributed by atoms with van der Waals surface area (Å²) in [4.78, 5) is 22.7. The first-order chi connectivity index (χ1) is 7.54. The number of ether oxygens (including phenoxy) is 1. The van der Waals surface area contributed by atoms with E-state index in [4.69, 9.17) is 11.2 Å². The normalized spacial score (nSPS) is 11.6. The van der Waals surface area contributed by atoms with Crippen molar-refractivity contribution in [3.63, 3.8) is 0 Å². The molecule has 1 rings (SSSR count). The Morgan fingerprint density at radius 2 is 2.31 bits per heavy atom. The first kappa shape index (κ1) is 12.1. The predicted octanol–water partition coefficient (Wildman–Crippen LogP) is 0.954. The molecule has 4 nitrogen and oxygen atoms in total. The number of aromatic nitrogens is 1. The molecule has 0 aromatic carbocycles. The number of rotatable bonds is 3. The second kappa shape index (κ2) is 5.17. The molecule has 0 N–H and O–H groups in total. The van der Waals surface area contributed by atoms with Gasteiger partial charge in [0.05, 0.1) is 5.56 Å². The summed E-state index contributed by atoms with van der Waals surface area (Å²) in [5, 5.41) is 0. The second-order valence-electron chi connectivity index (χ2n) is 3.49. The van der Waals surface area contributed by atoms with E-state index >= 15 is 0 Å². The van der Waals surface area contributed by atoms with E-state index in [9.17, 15) is 9.59 Å². The van der Waals surface area contributed by atoms with Crippen LogP contribution < -0.4 is 5.56 Å². The fourth-order valence-corrected chi connectivity index (χ4v) is 1.17. The average Bonchev–Trinajstić information content (AvgIpc) is 2.22. The van der Waals surface area contributed by atoms with E-state index in [1.807, 2.05) is 0 Å². The predicted molar refractivity (Wildman–Crippen MR) is 60.0 cm³/mol. The molecule has 1 atom stereocenters. The van der Waals surface area contributed by atoms with Crippen LogP contribution in [-0.4, -0.2) is 16.6 Å². The number of esters is 1. The molecule has 0 saturated carbocycles. The highest BCUT2D eigenvalue weighted by molar-refractivity contribution is 5.89. The Hall–Kier alpha value is -2.02. The van der Waals surface area contributed by atoms with Gasteiger partial charge in [-0.15, -0.1) is 12.3 Å². The largest absolute Gasteiger partial charge is 0.458 e.